The van der Waals surface area contributed by atoms with Crippen molar-refractivity contribution in [1.82, 2.24) is 20.6 Å². The van der Waals surface area contributed by atoms with E-state index >= 15 is 0 Å². The fraction of sp³-hybridized carbons (Fsp3) is 0.524. The second-order valence-corrected chi connectivity index (χ2v) is 8.06. The van der Waals surface area contributed by atoms with Crippen LogP contribution in [0.3, 0.4) is 0 Å². The predicted octanol–water partition coefficient (Wildman–Crippen LogP) is 2.80. The van der Waals surface area contributed by atoms with E-state index in [2.05, 4.69) is 39.8 Å². The molecule has 31 heavy (non-hydrogen) atoms. The first kappa shape index (κ1) is 23.4. The summed E-state index contributed by atoms with van der Waals surface area (Å²) in [5.74, 6) is -0.636. The molecule has 0 amide bonds. The van der Waals surface area contributed by atoms with Gasteiger partial charge in [-0.15, -0.1) is 0 Å². The van der Waals surface area contributed by atoms with E-state index in [4.69, 9.17) is 5.73 Å². The topological polar surface area (TPSA) is 87.9 Å². The van der Waals surface area contributed by atoms with Crippen LogP contribution in [-0.2, 0) is 19.1 Å². The highest BCUT2D eigenvalue weighted by Crippen LogP contribution is 2.33. The van der Waals surface area contributed by atoms with Crippen LogP contribution in [-0.4, -0.2) is 41.7 Å². The molecule has 0 bridgehead atoms. The molecule has 1 saturated heterocycles. The van der Waals surface area contributed by atoms with Crippen LogP contribution >= 0.6 is 0 Å². The highest BCUT2D eigenvalue weighted by molar-refractivity contribution is 5.32. The smallest absolute Gasteiger partial charge is 0.352 e. The SMILES string of the molecule is CC(C)Nc1ncc2c(n1)CNCC2.N[C@@H]1CNC[C@H]1c1ccc(C(F)(F)F)c(F)c1. The summed E-state index contributed by atoms with van der Waals surface area (Å²) >= 11 is 0. The van der Waals surface area contributed by atoms with Crippen LogP contribution < -0.4 is 21.7 Å². The molecule has 0 aliphatic carbocycles. The molecule has 2 aliphatic heterocycles. The molecule has 1 aromatic heterocycles. The Balaban J connectivity index is 0.000000179. The van der Waals surface area contributed by atoms with E-state index in [0.717, 1.165) is 43.3 Å². The third-order valence-electron chi connectivity index (χ3n) is 5.22. The van der Waals surface area contributed by atoms with Crippen LogP contribution in [0.2, 0.25) is 0 Å². The summed E-state index contributed by atoms with van der Waals surface area (Å²) in [4.78, 5) is 8.75. The summed E-state index contributed by atoms with van der Waals surface area (Å²) in [5.41, 5.74) is 7.46. The number of fused-ring (bicyclic) bond motifs is 1. The fourth-order valence-corrected chi connectivity index (χ4v) is 3.62. The second-order valence-electron chi connectivity index (χ2n) is 8.06. The number of hydrogen-bond donors (Lipinski definition) is 4. The van der Waals surface area contributed by atoms with Crippen LogP contribution in [0.5, 0.6) is 0 Å². The lowest BCUT2D eigenvalue weighted by Crippen LogP contribution is -2.27. The number of nitrogens with one attached hydrogen (secondary N) is 3. The first-order valence-corrected chi connectivity index (χ1v) is 10.3. The highest BCUT2D eigenvalue weighted by atomic mass is 19.4. The zero-order valence-electron chi connectivity index (χ0n) is 17.6. The highest BCUT2D eigenvalue weighted by Gasteiger charge is 2.35. The van der Waals surface area contributed by atoms with Crippen molar-refractivity contribution < 1.29 is 17.6 Å². The molecule has 10 heteroatoms. The third kappa shape index (κ3) is 6.11. The molecule has 170 valence electrons. The molecule has 2 aromatic rings. The van der Waals surface area contributed by atoms with Crippen LogP contribution in [0.25, 0.3) is 0 Å². The third-order valence-corrected chi connectivity index (χ3v) is 5.22. The van der Waals surface area contributed by atoms with Crippen molar-refractivity contribution in [2.45, 2.75) is 51.0 Å². The Bertz CT molecular complexity index is 887. The van der Waals surface area contributed by atoms with Gasteiger partial charge in [0.05, 0.1) is 11.3 Å². The Hall–Kier alpha value is -2.30. The van der Waals surface area contributed by atoms with Gasteiger partial charge >= 0.3 is 6.18 Å². The van der Waals surface area contributed by atoms with Gasteiger partial charge in [0.25, 0.3) is 0 Å². The Morgan fingerprint density at radius 2 is 1.97 bits per heavy atom. The van der Waals surface area contributed by atoms with Crippen LogP contribution in [0.1, 0.15) is 42.1 Å². The van der Waals surface area contributed by atoms with Crippen LogP contribution in [0.4, 0.5) is 23.5 Å². The van der Waals surface area contributed by atoms with Gasteiger partial charge in [-0.05, 0) is 50.1 Å². The summed E-state index contributed by atoms with van der Waals surface area (Å²) in [5, 5.41) is 9.52. The van der Waals surface area contributed by atoms with E-state index in [-0.39, 0.29) is 12.0 Å². The number of rotatable bonds is 3. The Kier molecular flexibility index (Phi) is 7.45. The quantitative estimate of drug-likeness (QED) is 0.549. The lowest BCUT2D eigenvalue weighted by molar-refractivity contribution is -0.140. The monoisotopic (exact) mass is 440 g/mol. The molecule has 1 aromatic carbocycles. The predicted molar refractivity (Wildman–Crippen MR) is 111 cm³/mol. The number of benzene rings is 1. The fourth-order valence-electron chi connectivity index (χ4n) is 3.62. The van der Waals surface area contributed by atoms with Gasteiger partial charge in [0, 0.05) is 43.8 Å². The van der Waals surface area contributed by atoms with Gasteiger partial charge in [0.15, 0.2) is 0 Å². The molecular weight excluding hydrogens is 412 g/mol. The minimum atomic E-state index is -4.65. The van der Waals surface area contributed by atoms with E-state index < -0.39 is 17.6 Å². The summed E-state index contributed by atoms with van der Waals surface area (Å²) < 4.78 is 50.4. The Morgan fingerprint density at radius 3 is 2.58 bits per heavy atom. The zero-order chi connectivity index (χ0) is 22.6. The summed E-state index contributed by atoms with van der Waals surface area (Å²) in [6, 6.07) is 3.19. The van der Waals surface area contributed by atoms with Crippen molar-refractivity contribution in [3.8, 4) is 0 Å². The number of aromatic nitrogens is 2. The molecule has 2 aliphatic rings. The second kappa shape index (κ2) is 9.88. The average Bonchev–Trinajstić information content (AvgIpc) is 3.13. The average molecular weight is 440 g/mol. The van der Waals surface area contributed by atoms with Crippen molar-refractivity contribution in [1.29, 1.82) is 0 Å². The van der Waals surface area contributed by atoms with E-state index in [0.29, 0.717) is 24.7 Å². The van der Waals surface area contributed by atoms with Gasteiger partial charge < -0.3 is 21.7 Å². The maximum Gasteiger partial charge on any atom is 0.419 e. The lowest BCUT2D eigenvalue weighted by atomic mass is 9.94. The standard InChI is InChI=1S/C11H12F4N2.C10H16N4/c12-9-3-6(7-4-17-5-10(7)16)1-2-8(9)11(13,14)15;1-7(2)13-10-12-5-8-3-4-11-6-9(8)14-10/h1-3,7,10,17H,4-5,16H2;5,7,11H,3-4,6H2,1-2H3,(H,12,13,14)/t7-,10+;/m0./s1. The van der Waals surface area contributed by atoms with E-state index in [1.165, 1.54) is 11.6 Å². The molecule has 3 heterocycles. The molecular formula is C21H28F4N6. The van der Waals surface area contributed by atoms with Gasteiger partial charge in [0.1, 0.15) is 5.82 Å². The van der Waals surface area contributed by atoms with E-state index in [1.807, 2.05) is 6.20 Å². The molecule has 0 radical (unpaired) electrons. The Morgan fingerprint density at radius 1 is 1.19 bits per heavy atom. The van der Waals surface area contributed by atoms with E-state index in [1.54, 1.807) is 0 Å². The first-order chi connectivity index (χ1) is 14.6. The van der Waals surface area contributed by atoms with Crippen molar-refractivity contribution in [2.24, 2.45) is 5.73 Å². The van der Waals surface area contributed by atoms with E-state index in [9.17, 15) is 17.6 Å². The number of nitrogens with two attached hydrogens (primary N) is 1. The van der Waals surface area contributed by atoms with Crippen LogP contribution in [0, 0.1) is 5.82 Å². The Labute approximate surface area is 179 Å². The molecule has 6 nitrogen and oxygen atoms in total. The molecule has 0 unspecified atom stereocenters. The van der Waals surface area contributed by atoms with Gasteiger partial charge in [-0.2, -0.15) is 13.2 Å². The number of anilines is 1. The van der Waals surface area contributed by atoms with Gasteiger partial charge in [0.2, 0.25) is 5.95 Å². The minimum absolute atomic E-state index is 0.133. The molecule has 5 N–H and O–H groups in total. The number of alkyl halides is 3. The summed E-state index contributed by atoms with van der Waals surface area (Å²) in [6.45, 7) is 7.22. The van der Waals surface area contributed by atoms with Crippen molar-refractivity contribution in [3.63, 3.8) is 0 Å². The van der Waals surface area contributed by atoms with Crippen molar-refractivity contribution in [2.75, 3.05) is 25.0 Å². The normalized spacial score (nSPS) is 20.8. The zero-order valence-corrected chi connectivity index (χ0v) is 17.6. The summed E-state index contributed by atoms with van der Waals surface area (Å²) in [7, 11) is 0. The van der Waals surface area contributed by atoms with Crippen molar-refractivity contribution in [3.05, 3.63) is 52.6 Å². The van der Waals surface area contributed by atoms with Gasteiger partial charge in [-0.3, -0.25) is 0 Å². The molecule has 0 spiro atoms. The molecule has 1 fully saturated rings. The molecule has 0 saturated carbocycles. The summed E-state index contributed by atoms with van der Waals surface area (Å²) in [6.07, 6.45) is -1.68. The maximum atomic E-state index is 13.3. The van der Waals surface area contributed by atoms with Crippen molar-refractivity contribution >= 4 is 5.95 Å². The minimum Gasteiger partial charge on any atom is -0.352 e. The molecule has 4 rings (SSSR count). The van der Waals surface area contributed by atoms with Gasteiger partial charge in [-0.1, -0.05) is 6.07 Å². The van der Waals surface area contributed by atoms with Crippen LogP contribution in [0.15, 0.2) is 24.4 Å². The first-order valence-electron chi connectivity index (χ1n) is 10.3. The largest absolute Gasteiger partial charge is 0.419 e. The van der Waals surface area contributed by atoms with Gasteiger partial charge in [-0.25, -0.2) is 14.4 Å². The lowest BCUT2D eigenvalue weighted by Gasteiger charge is -2.17. The number of hydrogen-bond acceptors (Lipinski definition) is 6. The maximum absolute atomic E-state index is 13.3. The number of nitrogens with zero attached hydrogens (tertiary/aromatic N) is 2. The molecule has 2 atom stereocenters. The number of halogens is 4.